The third kappa shape index (κ3) is 2.96. The van der Waals surface area contributed by atoms with Crippen molar-refractivity contribution in [2.75, 3.05) is 0 Å². The van der Waals surface area contributed by atoms with Crippen LogP contribution in [0.15, 0.2) is 17.1 Å². The number of hydrogen-bond acceptors (Lipinski definition) is 3. The third-order valence-electron chi connectivity index (χ3n) is 2.26. The molecule has 3 heteroatoms. The number of carbonyl (C=O) groups is 1. The summed E-state index contributed by atoms with van der Waals surface area (Å²) in [4.78, 5) is 25.1. The zero-order chi connectivity index (χ0) is 9.73. The molecule has 1 atom stereocenters. The number of allylic oxidation sites excluding steroid dienone is 2. The Labute approximate surface area is 77.5 Å². The highest BCUT2D eigenvalue weighted by atomic mass is 16.1. The highest BCUT2D eigenvalue weighted by molar-refractivity contribution is 5.90. The van der Waals surface area contributed by atoms with Crippen molar-refractivity contribution in [2.45, 2.75) is 38.1 Å². The molecule has 0 aromatic rings. The molecule has 0 amide bonds. The molecule has 70 valence electrons. The molecule has 13 heavy (non-hydrogen) atoms. The van der Waals surface area contributed by atoms with Crippen molar-refractivity contribution in [3.63, 3.8) is 0 Å². The number of isocyanates is 1. The fourth-order valence-electron chi connectivity index (χ4n) is 1.54. The lowest BCUT2D eigenvalue weighted by Gasteiger charge is -2.22. The minimum atomic E-state index is -0.524. The van der Waals surface area contributed by atoms with E-state index in [4.69, 9.17) is 0 Å². The van der Waals surface area contributed by atoms with Crippen LogP contribution in [0, 0.1) is 0 Å². The Morgan fingerprint density at radius 2 is 2.38 bits per heavy atom. The first-order valence-electron chi connectivity index (χ1n) is 4.45. The molecule has 0 spiro atoms. The van der Waals surface area contributed by atoms with Crippen LogP contribution in [0.2, 0.25) is 0 Å². The molecule has 0 saturated carbocycles. The molecule has 0 bridgehead atoms. The second-order valence-electron chi connectivity index (χ2n) is 3.64. The van der Waals surface area contributed by atoms with Crippen LogP contribution in [-0.2, 0) is 9.59 Å². The van der Waals surface area contributed by atoms with Gasteiger partial charge in [0.1, 0.15) is 0 Å². The first kappa shape index (κ1) is 9.87. The smallest absolute Gasteiger partial charge is 0.235 e. The highest BCUT2D eigenvalue weighted by Gasteiger charge is 2.26. The van der Waals surface area contributed by atoms with Gasteiger partial charge in [-0.25, -0.2) is 4.79 Å². The van der Waals surface area contributed by atoms with E-state index in [0.717, 1.165) is 19.3 Å². The second-order valence-corrected chi connectivity index (χ2v) is 3.64. The minimum Gasteiger partial charge on any atom is -0.295 e. The number of hydrogen-bond donors (Lipinski definition) is 0. The molecule has 1 aliphatic rings. The normalized spacial score (nSPS) is 31.3. The van der Waals surface area contributed by atoms with Crippen LogP contribution in [0.3, 0.4) is 0 Å². The lowest BCUT2D eigenvalue weighted by molar-refractivity contribution is -0.115. The van der Waals surface area contributed by atoms with Gasteiger partial charge in [0.15, 0.2) is 5.78 Å². The number of ketones is 1. The summed E-state index contributed by atoms with van der Waals surface area (Å²) in [5.41, 5.74) is -0.524. The van der Waals surface area contributed by atoms with E-state index in [0.29, 0.717) is 6.42 Å². The first-order chi connectivity index (χ1) is 6.16. The number of nitrogens with zero attached hydrogens (tertiary/aromatic N) is 1. The van der Waals surface area contributed by atoms with E-state index in [9.17, 15) is 9.59 Å². The number of aliphatic imine (C=N–C) groups is 1. The van der Waals surface area contributed by atoms with Crippen molar-refractivity contribution >= 4 is 11.9 Å². The maximum Gasteiger partial charge on any atom is 0.235 e. The monoisotopic (exact) mass is 179 g/mol. The maximum atomic E-state index is 11.2. The Kier molecular flexibility index (Phi) is 3.15. The molecule has 0 heterocycles. The number of rotatable bonds is 1. The van der Waals surface area contributed by atoms with E-state index in [1.807, 2.05) is 13.0 Å². The maximum absolute atomic E-state index is 11.2. The Morgan fingerprint density at radius 3 is 3.08 bits per heavy atom. The summed E-state index contributed by atoms with van der Waals surface area (Å²) in [5.74, 6) is 0.0428. The van der Waals surface area contributed by atoms with E-state index < -0.39 is 5.54 Å². The predicted molar refractivity (Wildman–Crippen MR) is 49.1 cm³/mol. The van der Waals surface area contributed by atoms with E-state index in [1.54, 1.807) is 12.2 Å². The summed E-state index contributed by atoms with van der Waals surface area (Å²) in [6, 6.07) is 0. The molecule has 0 unspecified atom stereocenters. The fourth-order valence-corrected chi connectivity index (χ4v) is 1.54. The Bertz CT molecular complexity index is 277. The number of carbonyl (C=O) groups excluding carboxylic acids is 2. The van der Waals surface area contributed by atoms with E-state index >= 15 is 0 Å². The third-order valence-corrected chi connectivity index (χ3v) is 2.26. The van der Waals surface area contributed by atoms with Crippen molar-refractivity contribution in [1.82, 2.24) is 0 Å². The van der Waals surface area contributed by atoms with Crippen LogP contribution < -0.4 is 0 Å². The van der Waals surface area contributed by atoms with Crippen LogP contribution in [0.1, 0.15) is 32.6 Å². The zero-order valence-corrected chi connectivity index (χ0v) is 7.75. The first-order valence-corrected chi connectivity index (χ1v) is 4.45. The lowest BCUT2D eigenvalue weighted by Crippen LogP contribution is -2.26. The predicted octanol–water partition coefficient (Wildman–Crippen LogP) is 1.78. The second kappa shape index (κ2) is 4.15. The van der Waals surface area contributed by atoms with Crippen molar-refractivity contribution in [1.29, 1.82) is 0 Å². The molecular formula is C10H13NO2. The zero-order valence-electron chi connectivity index (χ0n) is 7.75. The highest BCUT2D eigenvalue weighted by Crippen LogP contribution is 2.24. The van der Waals surface area contributed by atoms with Crippen molar-refractivity contribution < 1.29 is 9.59 Å². The van der Waals surface area contributed by atoms with Gasteiger partial charge in [-0.15, -0.1) is 0 Å². The largest absolute Gasteiger partial charge is 0.295 e. The summed E-state index contributed by atoms with van der Waals surface area (Å²) < 4.78 is 0. The summed E-state index contributed by atoms with van der Waals surface area (Å²) >= 11 is 0. The van der Waals surface area contributed by atoms with Gasteiger partial charge in [-0.1, -0.05) is 6.08 Å². The Morgan fingerprint density at radius 1 is 1.62 bits per heavy atom. The van der Waals surface area contributed by atoms with Gasteiger partial charge < -0.3 is 0 Å². The molecule has 1 rings (SSSR count). The summed E-state index contributed by atoms with van der Waals surface area (Å²) in [6.45, 7) is 1.83. The van der Waals surface area contributed by atoms with Crippen LogP contribution in [0.5, 0.6) is 0 Å². The summed E-state index contributed by atoms with van der Waals surface area (Å²) in [5, 5.41) is 0. The van der Waals surface area contributed by atoms with Gasteiger partial charge in [0.25, 0.3) is 0 Å². The molecule has 0 fully saturated rings. The van der Waals surface area contributed by atoms with E-state index in [1.165, 1.54) is 0 Å². The molecule has 0 saturated heterocycles. The van der Waals surface area contributed by atoms with Crippen molar-refractivity contribution in [2.24, 2.45) is 4.99 Å². The van der Waals surface area contributed by atoms with Crippen molar-refractivity contribution in [3.05, 3.63) is 12.2 Å². The van der Waals surface area contributed by atoms with E-state index in [2.05, 4.69) is 4.99 Å². The van der Waals surface area contributed by atoms with Gasteiger partial charge in [-0.05, 0) is 32.3 Å². The molecule has 0 aliphatic heterocycles. The molecule has 0 N–H and O–H groups in total. The molecule has 0 aromatic carbocycles. The molecule has 1 aliphatic carbocycles. The van der Waals surface area contributed by atoms with Gasteiger partial charge in [-0.3, -0.25) is 4.79 Å². The molecule has 0 radical (unpaired) electrons. The van der Waals surface area contributed by atoms with E-state index in [-0.39, 0.29) is 5.78 Å². The van der Waals surface area contributed by atoms with Crippen LogP contribution >= 0.6 is 0 Å². The van der Waals surface area contributed by atoms with Gasteiger partial charge >= 0.3 is 0 Å². The summed E-state index contributed by atoms with van der Waals surface area (Å²) in [7, 11) is 0. The van der Waals surface area contributed by atoms with Crippen LogP contribution in [0.4, 0.5) is 0 Å². The Hall–Kier alpha value is -1.21. The lowest BCUT2D eigenvalue weighted by atomic mass is 9.88. The Balaban J connectivity index is 2.80. The SMILES string of the molecule is C[C@]1(N=C=O)CCC/C=C\C(=O)C1. The standard InChI is InChI=1S/C10H13NO2/c1-10(11-8-12)6-4-2-3-5-9(13)7-10/h3,5H,2,4,6-7H2,1H3/b5-3-/t10-/m0/s1. The van der Waals surface area contributed by atoms with Gasteiger partial charge in [-0.2, -0.15) is 4.99 Å². The molecule has 3 nitrogen and oxygen atoms in total. The fraction of sp³-hybridized carbons (Fsp3) is 0.600. The van der Waals surface area contributed by atoms with Crippen molar-refractivity contribution in [3.8, 4) is 0 Å². The minimum absolute atomic E-state index is 0.0428. The molecular weight excluding hydrogens is 166 g/mol. The topological polar surface area (TPSA) is 46.5 Å². The van der Waals surface area contributed by atoms with Crippen LogP contribution in [-0.4, -0.2) is 17.4 Å². The summed E-state index contributed by atoms with van der Waals surface area (Å²) in [6.07, 6.45) is 7.95. The van der Waals surface area contributed by atoms with Gasteiger partial charge in [0, 0.05) is 6.42 Å². The van der Waals surface area contributed by atoms with Gasteiger partial charge in [0.05, 0.1) is 5.54 Å². The average molecular weight is 179 g/mol. The molecule has 0 aromatic heterocycles. The quantitative estimate of drug-likeness (QED) is 0.455. The van der Waals surface area contributed by atoms with Crippen LogP contribution in [0.25, 0.3) is 0 Å². The van der Waals surface area contributed by atoms with Gasteiger partial charge in [0.2, 0.25) is 6.08 Å². The average Bonchev–Trinajstić information content (AvgIpc) is 2.01.